The van der Waals surface area contributed by atoms with Crippen LogP contribution in [0.15, 0.2) is 47.7 Å². The zero-order valence-corrected chi connectivity index (χ0v) is 15.9. The zero-order valence-electron chi connectivity index (χ0n) is 15.9. The number of benzene rings is 1. The minimum Gasteiger partial charge on any atom is -0.381 e. The number of nitrogens with one attached hydrogen (secondary N) is 3. The van der Waals surface area contributed by atoms with E-state index in [1.807, 2.05) is 42.6 Å². The lowest BCUT2D eigenvalue weighted by Gasteiger charge is -2.21. The van der Waals surface area contributed by atoms with Gasteiger partial charge in [-0.3, -0.25) is 0 Å². The highest BCUT2D eigenvalue weighted by Gasteiger charge is 2.13. The minimum atomic E-state index is 0.480. The third-order valence-corrected chi connectivity index (χ3v) is 5.02. The maximum absolute atomic E-state index is 5.44. The van der Waals surface area contributed by atoms with Gasteiger partial charge in [-0.05, 0) is 55.9 Å². The number of nitrogens with zero attached hydrogens (tertiary/aromatic N) is 3. The number of H-pyrrole nitrogens is 1. The molecule has 1 aliphatic heterocycles. The van der Waals surface area contributed by atoms with Crippen molar-refractivity contribution in [3.63, 3.8) is 0 Å². The molecule has 3 N–H and O–H groups in total. The first-order valence-electron chi connectivity index (χ1n) is 9.89. The van der Waals surface area contributed by atoms with Crippen molar-refractivity contribution in [2.24, 2.45) is 11.0 Å². The first-order chi connectivity index (χ1) is 13.9. The second kappa shape index (κ2) is 9.32. The number of aromatic amines is 1. The molecule has 0 unspecified atom stereocenters. The molecule has 3 heterocycles. The number of hydrogen-bond acceptors (Lipinski definition) is 6. The highest BCUT2D eigenvalue weighted by atomic mass is 16.5. The molecule has 0 atom stereocenters. The van der Waals surface area contributed by atoms with Crippen LogP contribution in [0.3, 0.4) is 0 Å². The molecule has 0 bridgehead atoms. The van der Waals surface area contributed by atoms with Crippen LogP contribution in [0.1, 0.15) is 31.4 Å². The topological polar surface area (TPSA) is 87.2 Å². The normalized spacial score (nSPS) is 15.3. The number of aromatic nitrogens is 3. The monoisotopic (exact) mass is 378 g/mol. The van der Waals surface area contributed by atoms with Gasteiger partial charge in [0, 0.05) is 31.3 Å². The van der Waals surface area contributed by atoms with Crippen LogP contribution in [-0.2, 0) is 4.74 Å². The summed E-state index contributed by atoms with van der Waals surface area (Å²) in [5.74, 6) is 2.11. The van der Waals surface area contributed by atoms with Gasteiger partial charge >= 0.3 is 0 Å². The molecule has 3 aromatic rings. The van der Waals surface area contributed by atoms with Crippen LogP contribution in [0.2, 0.25) is 0 Å². The average molecular weight is 378 g/mol. The smallest absolute Gasteiger partial charge is 0.246 e. The van der Waals surface area contributed by atoms with E-state index in [0.29, 0.717) is 5.95 Å². The number of fused-ring (bicyclic) bond motifs is 1. The molecule has 1 fully saturated rings. The standard InChI is InChI=1S/C21H26N6O/c1-2-8-19-18(7-1)20(23-12-3-5-16-9-13-28-14-10-16)26-21(25-19)27-24-15-17-6-4-11-22-17/h1-2,4,6-8,11,15-16,22H,3,5,9-10,12-14H2,(H2,23,25,26,27)/b24-15-. The summed E-state index contributed by atoms with van der Waals surface area (Å²) in [6.07, 6.45) is 8.28. The van der Waals surface area contributed by atoms with Crippen LogP contribution >= 0.6 is 0 Å². The molecule has 0 radical (unpaired) electrons. The average Bonchev–Trinajstić information content (AvgIpc) is 3.25. The molecule has 2 aromatic heterocycles. The molecule has 7 nitrogen and oxygen atoms in total. The van der Waals surface area contributed by atoms with Crippen molar-refractivity contribution in [2.45, 2.75) is 25.7 Å². The van der Waals surface area contributed by atoms with Gasteiger partial charge in [0.25, 0.3) is 0 Å². The number of rotatable bonds is 8. The van der Waals surface area contributed by atoms with Gasteiger partial charge in [0.15, 0.2) is 0 Å². The second-order valence-electron chi connectivity index (χ2n) is 7.03. The van der Waals surface area contributed by atoms with E-state index in [0.717, 1.165) is 54.5 Å². The minimum absolute atomic E-state index is 0.480. The summed E-state index contributed by atoms with van der Waals surface area (Å²) in [6.45, 7) is 2.71. The summed E-state index contributed by atoms with van der Waals surface area (Å²) in [6, 6.07) is 11.9. The molecule has 1 aromatic carbocycles. The number of hydrazone groups is 1. The number of ether oxygens (including phenoxy) is 1. The van der Waals surface area contributed by atoms with Gasteiger partial charge in [-0.1, -0.05) is 12.1 Å². The van der Waals surface area contributed by atoms with Crippen LogP contribution in [0.25, 0.3) is 10.9 Å². The first kappa shape index (κ1) is 18.4. The van der Waals surface area contributed by atoms with Crippen molar-refractivity contribution >= 4 is 28.9 Å². The predicted molar refractivity (Wildman–Crippen MR) is 113 cm³/mol. The Kier molecular flexibility index (Phi) is 6.14. The lowest BCUT2D eigenvalue weighted by atomic mass is 9.95. The highest BCUT2D eigenvalue weighted by molar-refractivity contribution is 5.90. The van der Waals surface area contributed by atoms with Crippen molar-refractivity contribution in [2.75, 3.05) is 30.5 Å². The van der Waals surface area contributed by atoms with E-state index in [2.05, 4.69) is 30.8 Å². The van der Waals surface area contributed by atoms with Gasteiger partial charge in [-0.25, -0.2) is 10.4 Å². The van der Waals surface area contributed by atoms with Gasteiger partial charge in [0.2, 0.25) is 5.95 Å². The molecule has 0 spiro atoms. The van der Waals surface area contributed by atoms with Gasteiger partial charge in [-0.15, -0.1) is 0 Å². The lowest BCUT2D eigenvalue weighted by molar-refractivity contribution is 0.0636. The fourth-order valence-corrected chi connectivity index (χ4v) is 3.48. The first-order valence-corrected chi connectivity index (χ1v) is 9.89. The van der Waals surface area contributed by atoms with Gasteiger partial charge < -0.3 is 15.0 Å². The van der Waals surface area contributed by atoms with Crippen molar-refractivity contribution in [1.29, 1.82) is 0 Å². The van der Waals surface area contributed by atoms with Crippen LogP contribution in [0.5, 0.6) is 0 Å². The van der Waals surface area contributed by atoms with Crippen LogP contribution < -0.4 is 10.7 Å². The molecule has 0 aliphatic carbocycles. The summed E-state index contributed by atoms with van der Waals surface area (Å²) in [7, 11) is 0. The predicted octanol–water partition coefficient (Wildman–Crippen LogP) is 4.02. The highest BCUT2D eigenvalue weighted by Crippen LogP contribution is 2.23. The third-order valence-electron chi connectivity index (χ3n) is 5.02. The molecule has 1 saturated heterocycles. The van der Waals surface area contributed by atoms with Crippen LogP contribution in [-0.4, -0.2) is 40.9 Å². The van der Waals surface area contributed by atoms with E-state index in [1.165, 1.54) is 19.3 Å². The Morgan fingerprint density at radius 2 is 2.04 bits per heavy atom. The van der Waals surface area contributed by atoms with E-state index in [-0.39, 0.29) is 0 Å². The second-order valence-corrected chi connectivity index (χ2v) is 7.03. The van der Waals surface area contributed by atoms with Crippen molar-refractivity contribution < 1.29 is 4.74 Å². The van der Waals surface area contributed by atoms with Crippen LogP contribution in [0.4, 0.5) is 11.8 Å². The molecule has 7 heteroatoms. The number of anilines is 2. The molecule has 4 rings (SSSR count). The summed E-state index contributed by atoms with van der Waals surface area (Å²) in [5.41, 5.74) is 4.74. The number of hydrogen-bond donors (Lipinski definition) is 3. The van der Waals surface area contributed by atoms with E-state index in [9.17, 15) is 0 Å². The molecular formula is C21H26N6O. The van der Waals surface area contributed by atoms with E-state index in [1.54, 1.807) is 6.21 Å². The maximum Gasteiger partial charge on any atom is 0.246 e. The Balaban J connectivity index is 1.40. The van der Waals surface area contributed by atoms with Crippen molar-refractivity contribution in [1.82, 2.24) is 15.0 Å². The molecule has 1 aliphatic rings. The van der Waals surface area contributed by atoms with Crippen molar-refractivity contribution in [3.05, 3.63) is 48.3 Å². The molecular weight excluding hydrogens is 352 g/mol. The summed E-state index contributed by atoms with van der Waals surface area (Å²) < 4.78 is 5.44. The number of para-hydroxylation sites is 1. The summed E-state index contributed by atoms with van der Waals surface area (Å²) in [5, 5.41) is 8.73. The Labute approximate surface area is 164 Å². The lowest BCUT2D eigenvalue weighted by Crippen LogP contribution is -2.16. The van der Waals surface area contributed by atoms with Gasteiger partial charge in [0.1, 0.15) is 5.82 Å². The van der Waals surface area contributed by atoms with Gasteiger partial charge in [0.05, 0.1) is 17.4 Å². The van der Waals surface area contributed by atoms with E-state index >= 15 is 0 Å². The molecule has 146 valence electrons. The Bertz CT molecular complexity index is 902. The maximum atomic E-state index is 5.44. The SMILES string of the molecule is C(=N/Nc1nc(NCCCC2CCOCC2)c2ccccc2n1)/c1ccc[nH]1. The summed E-state index contributed by atoms with van der Waals surface area (Å²) in [4.78, 5) is 12.3. The fourth-order valence-electron chi connectivity index (χ4n) is 3.48. The molecule has 0 amide bonds. The fraction of sp³-hybridized carbons (Fsp3) is 0.381. The third kappa shape index (κ3) is 4.86. The quantitative estimate of drug-likeness (QED) is 0.313. The van der Waals surface area contributed by atoms with Crippen LogP contribution in [0, 0.1) is 5.92 Å². The Morgan fingerprint density at radius 3 is 2.89 bits per heavy atom. The molecule has 0 saturated carbocycles. The largest absolute Gasteiger partial charge is 0.381 e. The zero-order chi connectivity index (χ0) is 19.0. The Hall–Kier alpha value is -2.93. The Morgan fingerprint density at radius 1 is 1.14 bits per heavy atom. The summed E-state index contributed by atoms with van der Waals surface area (Å²) >= 11 is 0. The van der Waals surface area contributed by atoms with Crippen molar-refractivity contribution in [3.8, 4) is 0 Å². The van der Waals surface area contributed by atoms with E-state index in [4.69, 9.17) is 4.74 Å². The molecule has 28 heavy (non-hydrogen) atoms. The van der Waals surface area contributed by atoms with Gasteiger partial charge in [-0.2, -0.15) is 10.1 Å². The van der Waals surface area contributed by atoms with E-state index < -0.39 is 0 Å².